The lowest BCUT2D eigenvalue weighted by Crippen LogP contribution is -2.13. The minimum Gasteiger partial charge on any atom is -0.478 e. The summed E-state index contributed by atoms with van der Waals surface area (Å²) in [5, 5.41) is 8.51. The smallest absolute Gasteiger partial charge is 0.327 e. The number of allylic oxidation sites excluding steroid dienone is 1. The molecule has 1 saturated carbocycles. The molecule has 0 aromatic heterocycles. The van der Waals surface area contributed by atoms with E-state index >= 15 is 0 Å². The highest BCUT2D eigenvalue weighted by Crippen LogP contribution is 2.37. The van der Waals surface area contributed by atoms with Crippen molar-refractivity contribution >= 4 is 5.97 Å². The van der Waals surface area contributed by atoms with Crippen molar-refractivity contribution in [3.63, 3.8) is 0 Å². The van der Waals surface area contributed by atoms with Crippen molar-refractivity contribution in [2.45, 2.75) is 44.4 Å². The van der Waals surface area contributed by atoms with Gasteiger partial charge >= 0.3 is 5.97 Å². The highest BCUT2D eigenvalue weighted by Gasteiger charge is 2.22. The quantitative estimate of drug-likeness (QED) is 0.802. The van der Waals surface area contributed by atoms with Crippen LogP contribution in [0.1, 0.15) is 50.0 Å². The Kier molecular flexibility index (Phi) is 5.48. The topological polar surface area (TPSA) is 37.3 Å². The molecule has 0 aliphatic heterocycles. The van der Waals surface area contributed by atoms with E-state index in [1.807, 2.05) is 0 Å². The molecule has 0 bridgehead atoms. The van der Waals surface area contributed by atoms with Gasteiger partial charge in [0, 0.05) is 6.08 Å². The Bertz CT molecular complexity index is 518. The minimum atomic E-state index is -0.906. The van der Waals surface area contributed by atoms with Gasteiger partial charge in [0.1, 0.15) is 0 Å². The molecule has 0 saturated heterocycles. The molecule has 2 nitrogen and oxygen atoms in total. The molecule has 0 heterocycles. The highest BCUT2D eigenvalue weighted by molar-refractivity contribution is 5.79. The molecule has 2 rings (SSSR count). The van der Waals surface area contributed by atoms with Crippen molar-refractivity contribution < 1.29 is 18.7 Å². The van der Waals surface area contributed by atoms with E-state index in [0.29, 0.717) is 11.8 Å². The Balaban J connectivity index is 1.80. The molecule has 0 radical (unpaired) electrons. The second-order valence-electron chi connectivity index (χ2n) is 5.71. The van der Waals surface area contributed by atoms with Crippen molar-refractivity contribution in [2.24, 2.45) is 5.92 Å². The molecule has 4 heteroatoms. The Morgan fingerprint density at radius 3 is 2.52 bits per heavy atom. The first kappa shape index (κ1) is 15.7. The van der Waals surface area contributed by atoms with Gasteiger partial charge in [-0.25, -0.2) is 13.6 Å². The summed E-state index contributed by atoms with van der Waals surface area (Å²) in [4.78, 5) is 10.4. The number of hydrogen-bond donors (Lipinski definition) is 1. The Labute approximate surface area is 123 Å². The normalized spacial score (nSPS) is 22.6. The Morgan fingerprint density at radius 2 is 1.90 bits per heavy atom. The van der Waals surface area contributed by atoms with E-state index in [2.05, 4.69) is 0 Å². The Hall–Kier alpha value is -1.71. The van der Waals surface area contributed by atoms with Crippen LogP contribution in [0.2, 0.25) is 0 Å². The maximum Gasteiger partial charge on any atom is 0.327 e. The molecule has 1 aromatic rings. The zero-order chi connectivity index (χ0) is 15.2. The summed E-state index contributed by atoms with van der Waals surface area (Å²) >= 11 is 0. The molecule has 0 spiro atoms. The second-order valence-corrected chi connectivity index (χ2v) is 5.71. The van der Waals surface area contributed by atoms with Gasteiger partial charge in [-0.05, 0) is 68.1 Å². The molecular weight excluding hydrogens is 274 g/mol. The van der Waals surface area contributed by atoms with Gasteiger partial charge in [-0.15, -0.1) is 0 Å². The first-order chi connectivity index (χ1) is 10.1. The van der Waals surface area contributed by atoms with Crippen LogP contribution in [0, 0.1) is 17.6 Å². The van der Waals surface area contributed by atoms with Crippen LogP contribution in [-0.2, 0) is 4.79 Å². The van der Waals surface area contributed by atoms with E-state index in [1.165, 1.54) is 18.2 Å². The van der Waals surface area contributed by atoms with Gasteiger partial charge in [0.05, 0.1) is 0 Å². The predicted octanol–water partition coefficient (Wildman–Crippen LogP) is 4.66. The third-order valence-electron chi connectivity index (χ3n) is 4.26. The number of rotatable bonds is 5. The molecule has 1 aromatic carbocycles. The Morgan fingerprint density at radius 1 is 1.19 bits per heavy atom. The second kappa shape index (κ2) is 7.34. The molecule has 21 heavy (non-hydrogen) atoms. The summed E-state index contributed by atoms with van der Waals surface area (Å²) in [7, 11) is 0. The van der Waals surface area contributed by atoms with Crippen LogP contribution in [-0.4, -0.2) is 11.1 Å². The molecule has 1 fully saturated rings. The van der Waals surface area contributed by atoms with Crippen molar-refractivity contribution in [3.05, 3.63) is 47.5 Å². The molecule has 114 valence electrons. The van der Waals surface area contributed by atoms with E-state index in [9.17, 15) is 13.6 Å². The first-order valence-corrected chi connectivity index (χ1v) is 7.40. The van der Waals surface area contributed by atoms with Crippen LogP contribution < -0.4 is 0 Å². The van der Waals surface area contributed by atoms with E-state index in [-0.39, 0.29) is 0 Å². The lowest BCUT2D eigenvalue weighted by Gasteiger charge is -2.28. The zero-order valence-corrected chi connectivity index (χ0v) is 11.9. The summed E-state index contributed by atoms with van der Waals surface area (Å²) in [6, 6.07) is 4.20. The summed E-state index contributed by atoms with van der Waals surface area (Å²) in [5.41, 5.74) is 0.887. The summed E-state index contributed by atoms with van der Waals surface area (Å²) < 4.78 is 26.2. The lowest BCUT2D eigenvalue weighted by molar-refractivity contribution is -0.131. The van der Waals surface area contributed by atoms with Gasteiger partial charge in [0.25, 0.3) is 0 Å². The number of carboxylic acids is 1. The summed E-state index contributed by atoms with van der Waals surface area (Å²) in [6.45, 7) is 0. The van der Waals surface area contributed by atoms with Crippen LogP contribution in [0.15, 0.2) is 30.4 Å². The van der Waals surface area contributed by atoms with Gasteiger partial charge in [-0.3, -0.25) is 0 Å². The zero-order valence-electron chi connectivity index (χ0n) is 11.9. The fourth-order valence-electron chi connectivity index (χ4n) is 3.07. The molecular formula is C17H20F2O2. The number of aliphatic carboxylic acids is 1. The molecule has 0 atom stereocenters. The summed E-state index contributed by atoms with van der Waals surface area (Å²) in [6.07, 6.45) is 8.75. The van der Waals surface area contributed by atoms with Gasteiger partial charge in [-0.2, -0.15) is 0 Å². The maximum absolute atomic E-state index is 13.3. The highest BCUT2D eigenvalue weighted by atomic mass is 19.2. The van der Waals surface area contributed by atoms with E-state index in [1.54, 1.807) is 12.1 Å². The van der Waals surface area contributed by atoms with Crippen molar-refractivity contribution in [2.75, 3.05) is 0 Å². The number of hydrogen-bond acceptors (Lipinski definition) is 1. The molecule has 1 aliphatic carbocycles. The van der Waals surface area contributed by atoms with E-state index < -0.39 is 17.6 Å². The van der Waals surface area contributed by atoms with Crippen LogP contribution >= 0.6 is 0 Å². The standard InChI is InChI=1S/C17H20F2O2/c18-15-10-9-14(11-16(15)19)13-7-5-12(6-8-13)3-1-2-4-17(20)21/h2,4,9-13H,1,3,5-8H2,(H,20,21)/b4-2+. The molecule has 0 amide bonds. The number of benzene rings is 1. The number of halogens is 2. The van der Waals surface area contributed by atoms with Crippen molar-refractivity contribution in [3.8, 4) is 0 Å². The predicted molar refractivity (Wildman–Crippen MR) is 77.1 cm³/mol. The van der Waals surface area contributed by atoms with Crippen molar-refractivity contribution in [1.82, 2.24) is 0 Å². The monoisotopic (exact) mass is 294 g/mol. The average Bonchev–Trinajstić information content (AvgIpc) is 2.47. The molecule has 1 aliphatic rings. The van der Waals surface area contributed by atoms with Gasteiger partial charge in [-0.1, -0.05) is 12.1 Å². The molecule has 1 N–H and O–H groups in total. The maximum atomic E-state index is 13.3. The molecule has 0 unspecified atom stereocenters. The van der Waals surface area contributed by atoms with Gasteiger partial charge in [0.2, 0.25) is 0 Å². The van der Waals surface area contributed by atoms with Crippen LogP contribution in [0.4, 0.5) is 8.78 Å². The third kappa shape index (κ3) is 4.66. The van der Waals surface area contributed by atoms with Crippen molar-refractivity contribution in [1.29, 1.82) is 0 Å². The summed E-state index contributed by atoms with van der Waals surface area (Å²) in [5.74, 6) is -1.56. The van der Waals surface area contributed by atoms with Gasteiger partial charge < -0.3 is 5.11 Å². The van der Waals surface area contributed by atoms with Gasteiger partial charge in [0.15, 0.2) is 11.6 Å². The fraction of sp³-hybridized carbons (Fsp3) is 0.471. The van der Waals surface area contributed by atoms with Crippen LogP contribution in [0.3, 0.4) is 0 Å². The van der Waals surface area contributed by atoms with Crippen LogP contribution in [0.5, 0.6) is 0 Å². The average molecular weight is 294 g/mol. The fourth-order valence-corrected chi connectivity index (χ4v) is 3.07. The SMILES string of the molecule is O=C(O)/C=C/CCC1CCC(c2ccc(F)c(F)c2)CC1. The lowest BCUT2D eigenvalue weighted by atomic mass is 9.77. The minimum absolute atomic E-state index is 0.311. The van der Waals surface area contributed by atoms with E-state index in [4.69, 9.17) is 5.11 Å². The van der Waals surface area contributed by atoms with Crippen LogP contribution in [0.25, 0.3) is 0 Å². The largest absolute Gasteiger partial charge is 0.478 e. The first-order valence-electron chi connectivity index (χ1n) is 7.40. The number of carbonyl (C=O) groups is 1. The third-order valence-corrected chi connectivity index (χ3v) is 4.26. The van der Waals surface area contributed by atoms with E-state index in [0.717, 1.165) is 44.1 Å². The number of carboxylic acid groups (broad SMARTS) is 1.